The summed E-state index contributed by atoms with van der Waals surface area (Å²) in [4.78, 5) is 0. The fraction of sp³-hybridized carbons (Fsp3) is 1.00. The molecule has 0 amide bonds. The number of hydrogen-bond donors (Lipinski definition) is 3. The van der Waals surface area contributed by atoms with Gasteiger partial charge in [0.1, 0.15) is 0 Å². The minimum absolute atomic E-state index is 0.0144. The Bertz CT molecular complexity index is 153. The zero-order valence-corrected chi connectivity index (χ0v) is 10.5. The first kappa shape index (κ1) is 15.8. The van der Waals surface area contributed by atoms with Crippen LogP contribution in [0.15, 0.2) is 0 Å². The molecule has 0 rings (SSSR count). The summed E-state index contributed by atoms with van der Waals surface area (Å²) < 4.78 is 10.3. The summed E-state index contributed by atoms with van der Waals surface area (Å²) >= 11 is 0. The lowest BCUT2D eigenvalue weighted by molar-refractivity contribution is -0.0319. The molecule has 0 aromatic heterocycles. The van der Waals surface area contributed by atoms with Crippen LogP contribution >= 0.6 is 0 Å². The zero-order chi connectivity index (χ0) is 12.4. The molecule has 16 heavy (non-hydrogen) atoms. The van der Waals surface area contributed by atoms with E-state index in [1.54, 1.807) is 7.11 Å². The van der Waals surface area contributed by atoms with Crippen LogP contribution in [0.5, 0.6) is 0 Å². The highest BCUT2D eigenvalue weighted by molar-refractivity contribution is 4.67. The average molecular weight is 235 g/mol. The molecule has 98 valence electrons. The monoisotopic (exact) mass is 235 g/mol. The quantitative estimate of drug-likeness (QED) is 0.487. The Balaban J connectivity index is 3.53. The predicted molar refractivity (Wildman–Crippen MR) is 62.5 cm³/mol. The first-order valence-corrected chi connectivity index (χ1v) is 5.76. The average Bonchev–Trinajstić information content (AvgIpc) is 2.28. The molecule has 0 aliphatic heterocycles. The minimum atomic E-state index is -0.556. The number of nitrogens with one attached hydrogen (secondary N) is 1. The largest absolute Gasteiger partial charge is 0.395 e. The van der Waals surface area contributed by atoms with E-state index in [1.807, 2.05) is 13.8 Å². The van der Waals surface area contributed by atoms with E-state index in [-0.39, 0.29) is 25.4 Å². The molecular formula is C11H25NO4. The highest BCUT2D eigenvalue weighted by atomic mass is 16.5. The van der Waals surface area contributed by atoms with Crippen molar-refractivity contribution in [3.63, 3.8) is 0 Å². The van der Waals surface area contributed by atoms with E-state index in [9.17, 15) is 5.11 Å². The van der Waals surface area contributed by atoms with E-state index in [0.29, 0.717) is 13.2 Å². The Labute approximate surface area is 97.8 Å². The number of ether oxygens (including phenoxy) is 2. The van der Waals surface area contributed by atoms with Gasteiger partial charge in [0, 0.05) is 19.7 Å². The van der Waals surface area contributed by atoms with Gasteiger partial charge in [0.05, 0.1) is 32.0 Å². The van der Waals surface area contributed by atoms with Crippen LogP contribution in [0.2, 0.25) is 0 Å². The van der Waals surface area contributed by atoms with Crippen molar-refractivity contribution in [3.05, 3.63) is 0 Å². The highest BCUT2D eigenvalue weighted by Crippen LogP contribution is 1.95. The Morgan fingerprint density at radius 3 is 2.50 bits per heavy atom. The Hall–Kier alpha value is -0.200. The highest BCUT2D eigenvalue weighted by Gasteiger charge is 2.10. The summed E-state index contributed by atoms with van der Waals surface area (Å²) in [7, 11) is 1.62. The molecule has 0 bridgehead atoms. The second kappa shape index (κ2) is 9.99. The first-order valence-electron chi connectivity index (χ1n) is 5.76. The Kier molecular flexibility index (Phi) is 9.86. The second-order valence-electron chi connectivity index (χ2n) is 3.95. The SMILES string of the molecule is CCC(CO)NCC(O)COC(C)COC. The molecule has 5 nitrogen and oxygen atoms in total. The minimum Gasteiger partial charge on any atom is -0.395 e. The molecule has 0 aromatic carbocycles. The zero-order valence-electron chi connectivity index (χ0n) is 10.5. The maximum Gasteiger partial charge on any atom is 0.0897 e. The molecule has 3 unspecified atom stereocenters. The van der Waals surface area contributed by atoms with Crippen LogP contribution in [0, 0.1) is 0 Å². The number of methoxy groups -OCH3 is 1. The van der Waals surface area contributed by atoms with Gasteiger partial charge in [-0.15, -0.1) is 0 Å². The van der Waals surface area contributed by atoms with Crippen molar-refractivity contribution in [1.29, 1.82) is 0 Å². The van der Waals surface area contributed by atoms with Gasteiger partial charge in [0.25, 0.3) is 0 Å². The van der Waals surface area contributed by atoms with Crippen LogP contribution in [0.4, 0.5) is 0 Å². The third-order valence-electron chi connectivity index (χ3n) is 2.33. The van der Waals surface area contributed by atoms with Gasteiger partial charge in [-0.25, -0.2) is 0 Å². The van der Waals surface area contributed by atoms with Crippen molar-refractivity contribution < 1.29 is 19.7 Å². The summed E-state index contributed by atoms with van der Waals surface area (Å²) in [5.41, 5.74) is 0. The molecule has 0 radical (unpaired) electrons. The van der Waals surface area contributed by atoms with E-state index in [0.717, 1.165) is 6.42 Å². The van der Waals surface area contributed by atoms with Gasteiger partial charge >= 0.3 is 0 Å². The van der Waals surface area contributed by atoms with Gasteiger partial charge in [-0.2, -0.15) is 0 Å². The van der Waals surface area contributed by atoms with Crippen molar-refractivity contribution in [2.24, 2.45) is 0 Å². The standard InChI is InChI=1S/C11H25NO4/c1-4-10(6-13)12-5-11(14)8-16-9(2)7-15-3/h9-14H,4-8H2,1-3H3. The Morgan fingerprint density at radius 1 is 1.31 bits per heavy atom. The number of hydrogen-bond acceptors (Lipinski definition) is 5. The molecule has 3 N–H and O–H groups in total. The first-order chi connectivity index (χ1) is 7.63. The normalized spacial score (nSPS) is 17.1. The number of rotatable bonds is 10. The van der Waals surface area contributed by atoms with Gasteiger partial charge in [-0.1, -0.05) is 6.92 Å². The lowest BCUT2D eigenvalue weighted by atomic mass is 10.2. The third-order valence-corrected chi connectivity index (χ3v) is 2.33. The smallest absolute Gasteiger partial charge is 0.0897 e. The molecule has 3 atom stereocenters. The summed E-state index contributed by atoms with van der Waals surface area (Å²) in [6.07, 6.45) is 0.267. The number of aliphatic hydroxyl groups is 2. The molecule has 5 heteroatoms. The Morgan fingerprint density at radius 2 is 2.00 bits per heavy atom. The third kappa shape index (κ3) is 8.01. The molecule has 0 spiro atoms. The van der Waals surface area contributed by atoms with Gasteiger partial charge in [0.15, 0.2) is 0 Å². The molecule has 0 saturated carbocycles. The molecule has 0 aliphatic carbocycles. The van der Waals surface area contributed by atoms with Crippen LogP contribution < -0.4 is 5.32 Å². The van der Waals surface area contributed by atoms with Crippen molar-refractivity contribution >= 4 is 0 Å². The second-order valence-corrected chi connectivity index (χ2v) is 3.95. The summed E-state index contributed by atoms with van der Waals surface area (Å²) in [6.45, 7) is 5.19. The van der Waals surface area contributed by atoms with E-state index in [2.05, 4.69) is 5.32 Å². The van der Waals surface area contributed by atoms with Gasteiger partial charge < -0.3 is 25.0 Å². The summed E-state index contributed by atoms with van der Waals surface area (Å²) in [5, 5.41) is 21.6. The van der Waals surface area contributed by atoms with Crippen molar-refractivity contribution in [2.45, 2.75) is 38.5 Å². The molecule has 0 saturated heterocycles. The van der Waals surface area contributed by atoms with Gasteiger partial charge in [-0.05, 0) is 13.3 Å². The van der Waals surface area contributed by atoms with E-state index in [4.69, 9.17) is 14.6 Å². The van der Waals surface area contributed by atoms with Crippen molar-refractivity contribution in [3.8, 4) is 0 Å². The van der Waals surface area contributed by atoms with Crippen LogP contribution in [0.3, 0.4) is 0 Å². The molecular weight excluding hydrogens is 210 g/mol. The van der Waals surface area contributed by atoms with E-state index in [1.165, 1.54) is 0 Å². The van der Waals surface area contributed by atoms with Crippen molar-refractivity contribution in [1.82, 2.24) is 5.32 Å². The summed E-state index contributed by atoms with van der Waals surface area (Å²) in [6, 6.07) is 0.0473. The fourth-order valence-corrected chi connectivity index (χ4v) is 1.26. The fourth-order valence-electron chi connectivity index (χ4n) is 1.26. The van der Waals surface area contributed by atoms with Gasteiger partial charge in [-0.3, -0.25) is 0 Å². The van der Waals surface area contributed by atoms with Crippen molar-refractivity contribution in [2.75, 3.05) is 33.5 Å². The summed E-state index contributed by atoms with van der Waals surface area (Å²) in [5.74, 6) is 0. The van der Waals surface area contributed by atoms with Crippen LogP contribution in [0.1, 0.15) is 20.3 Å². The van der Waals surface area contributed by atoms with Crippen LogP contribution in [-0.4, -0.2) is 61.9 Å². The molecule has 0 aliphatic rings. The predicted octanol–water partition coefficient (Wildman–Crippen LogP) is -0.241. The molecule has 0 fully saturated rings. The lowest BCUT2D eigenvalue weighted by Crippen LogP contribution is -2.39. The van der Waals surface area contributed by atoms with E-state index >= 15 is 0 Å². The van der Waals surface area contributed by atoms with E-state index < -0.39 is 6.10 Å². The van der Waals surface area contributed by atoms with Gasteiger partial charge in [0.2, 0.25) is 0 Å². The maximum absolute atomic E-state index is 9.60. The maximum atomic E-state index is 9.60. The number of aliphatic hydroxyl groups excluding tert-OH is 2. The van der Waals surface area contributed by atoms with Crippen LogP contribution in [-0.2, 0) is 9.47 Å². The lowest BCUT2D eigenvalue weighted by Gasteiger charge is -2.19. The molecule has 0 aromatic rings. The topological polar surface area (TPSA) is 71.0 Å². The molecule has 0 heterocycles. The van der Waals surface area contributed by atoms with Crippen LogP contribution in [0.25, 0.3) is 0 Å².